The van der Waals surface area contributed by atoms with Gasteiger partial charge in [0.1, 0.15) is 0 Å². The molecule has 1 aromatic rings. The van der Waals surface area contributed by atoms with Gasteiger partial charge in [-0.2, -0.15) is 4.98 Å². The first-order chi connectivity index (χ1) is 10.6. The van der Waals surface area contributed by atoms with Crippen molar-refractivity contribution in [1.82, 2.24) is 9.97 Å². The van der Waals surface area contributed by atoms with E-state index < -0.39 is 8.32 Å². The van der Waals surface area contributed by atoms with E-state index in [1.54, 1.807) is 6.20 Å². The first-order valence-corrected chi connectivity index (χ1v) is 11.6. The zero-order valence-corrected chi connectivity index (χ0v) is 16.6. The van der Waals surface area contributed by atoms with Gasteiger partial charge in [0.2, 0.25) is 5.28 Å². The van der Waals surface area contributed by atoms with Crippen LogP contribution in [0.25, 0.3) is 0 Å². The van der Waals surface area contributed by atoms with E-state index in [1.165, 1.54) is 0 Å². The molecule has 1 heterocycles. The number of anilines is 2. The molecule has 2 rings (SSSR count). The smallest absolute Gasteiger partial charge is 0.224 e. The van der Waals surface area contributed by atoms with Crippen LogP contribution in [0.15, 0.2) is 6.20 Å². The zero-order valence-electron chi connectivity index (χ0n) is 14.8. The zero-order chi connectivity index (χ0) is 17.3. The molecule has 1 aliphatic carbocycles. The van der Waals surface area contributed by atoms with Crippen LogP contribution in [0.2, 0.25) is 23.4 Å². The molecule has 7 heteroatoms. The molecule has 0 atom stereocenters. The predicted molar refractivity (Wildman–Crippen MR) is 99.4 cm³/mol. The van der Waals surface area contributed by atoms with Crippen molar-refractivity contribution in [3.05, 3.63) is 11.5 Å². The molecular formula is C16H29ClN4OSi. The van der Waals surface area contributed by atoms with E-state index in [2.05, 4.69) is 49.1 Å². The summed E-state index contributed by atoms with van der Waals surface area (Å²) >= 11 is 5.84. The van der Waals surface area contributed by atoms with Gasteiger partial charge in [-0.3, -0.25) is 0 Å². The van der Waals surface area contributed by atoms with Crippen molar-refractivity contribution in [2.45, 2.75) is 76.7 Å². The van der Waals surface area contributed by atoms with Crippen LogP contribution in [0.3, 0.4) is 0 Å². The molecule has 0 amide bonds. The van der Waals surface area contributed by atoms with Crippen LogP contribution < -0.4 is 11.1 Å². The lowest BCUT2D eigenvalue weighted by Crippen LogP contribution is -2.45. The number of nitrogen functional groups attached to an aromatic ring is 1. The Bertz CT molecular complexity index is 539. The molecule has 130 valence electrons. The second kappa shape index (κ2) is 6.95. The molecule has 0 unspecified atom stereocenters. The number of aromatic nitrogens is 2. The van der Waals surface area contributed by atoms with E-state index in [0.29, 0.717) is 23.7 Å². The molecule has 5 nitrogen and oxygen atoms in total. The summed E-state index contributed by atoms with van der Waals surface area (Å²) < 4.78 is 6.52. The number of nitrogens with zero attached hydrogens (tertiary/aromatic N) is 2. The van der Waals surface area contributed by atoms with E-state index in [9.17, 15) is 0 Å². The van der Waals surface area contributed by atoms with Gasteiger partial charge in [-0.1, -0.05) is 20.8 Å². The van der Waals surface area contributed by atoms with Gasteiger partial charge in [0.05, 0.1) is 11.9 Å². The third kappa shape index (κ3) is 4.81. The molecule has 1 aromatic heterocycles. The highest BCUT2D eigenvalue weighted by atomic mass is 35.5. The fraction of sp³-hybridized carbons (Fsp3) is 0.750. The summed E-state index contributed by atoms with van der Waals surface area (Å²) in [5.74, 6) is 0.638. The Morgan fingerprint density at radius 3 is 2.43 bits per heavy atom. The monoisotopic (exact) mass is 356 g/mol. The minimum Gasteiger partial charge on any atom is -0.414 e. The Kier molecular flexibility index (Phi) is 5.58. The highest BCUT2D eigenvalue weighted by Crippen LogP contribution is 2.39. The fourth-order valence-corrected chi connectivity index (χ4v) is 4.15. The lowest BCUT2D eigenvalue weighted by Gasteiger charge is -2.41. The third-order valence-electron chi connectivity index (χ3n) is 5.07. The number of nitrogens with two attached hydrogens (primary N) is 1. The maximum absolute atomic E-state index is 6.52. The Balaban J connectivity index is 1.88. The summed E-state index contributed by atoms with van der Waals surface area (Å²) in [7, 11) is -1.68. The average Bonchev–Trinajstić information content (AvgIpc) is 2.43. The van der Waals surface area contributed by atoms with Gasteiger partial charge in [0.15, 0.2) is 14.1 Å². The number of hydrogen-bond acceptors (Lipinski definition) is 5. The Morgan fingerprint density at radius 2 is 1.87 bits per heavy atom. The maximum Gasteiger partial charge on any atom is 0.224 e. The van der Waals surface area contributed by atoms with Gasteiger partial charge in [-0.05, 0) is 55.4 Å². The van der Waals surface area contributed by atoms with Crippen LogP contribution in [0.1, 0.15) is 46.5 Å². The van der Waals surface area contributed by atoms with Crippen LogP contribution in [0, 0.1) is 0 Å². The molecule has 1 aliphatic rings. The van der Waals surface area contributed by atoms with Gasteiger partial charge in [0.25, 0.3) is 0 Å². The average molecular weight is 357 g/mol. The molecular weight excluding hydrogens is 328 g/mol. The van der Waals surface area contributed by atoms with Crippen molar-refractivity contribution in [3.8, 4) is 0 Å². The van der Waals surface area contributed by atoms with Crippen molar-refractivity contribution in [1.29, 1.82) is 0 Å². The first-order valence-electron chi connectivity index (χ1n) is 8.31. The second-order valence-corrected chi connectivity index (χ2v) is 13.0. The van der Waals surface area contributed by atoms with E-state index in [4.69, 9.17) is 21.8 Å². The van der Waals surface area contributed by atoms with Gasteiger partial charge in [0, 0.05) is 12.1 Å². The number of nitrogens with one attached hydrogen (secondary N) is 1. The highest BCUT2D eigenvalue weighted by Gasteiger charge is 2.39. The molecule has 0 radical (unpaired) electrons. The SMILES string of the molecule is CC(C)(C)[Si](C)(C)OC1CCC(Nc2nc(Cl)ncc2N)CC1. The minimum atomic E-state index is -1.68. The van der Waals surface area contributed by atoms with E-state index in [1.807, 2.05) is 0 Å². The summed E-state index contributed by atoms with van der Waals surface area (Å²) in [5, 5.41) is 3.88. The number of hydrogen-bond donors (Lipinski definition) is 2. The minimum absolute atomic E-state index is 0.219. The van der Waals surface area contributed by atoms with Crippen molar-refractivity contribution in [2.24, 2.45) is 0 Å². The largest absolute Gasteiger partial charge is 0.414 e. The molecule has 3 N–H and O–H groups in total. The summed E-state index contributed by atoms with van der Waals surface area (Å²) in [4.78, 5) is 8.05. The first kappa shape index (κ1) is 18.5. The molecule has 0 aliphatic heterocycles. The lowest BCUT2D eigenvalue weighted by atomic mass is 9.93. The van der Waals surface area contributed by atoms with Crippen molar-refractivity contribution >= 4 is 31.4 Å². The molecule has 23 heavy (non-hydrogen) atoms. The van der Waals surface area contributed by atoms with Crippen molar-refractivity contribution in [3.63, 3.8) is 0 Å². The van der Waals surface area contributed by atoms with Gasteiger partial charge < -0.3 is 15.5 Å². The van der Waals surface area contributed by atoms with Gasteiger partial charge >= 0.3 is 0 Å². The van der Waals surface area contributed by atoms with E-state index >= 15 is 0 Å². The normalized spacial score (nSPS) is 22.9. The quantitative estimate of drug-likeness (QED) is 0.615. The van der Waals surface area contributed by atoms with Crippen LogP contribution in [-0.4, -0.2) is 30.4 Å². The highest BCUT2D eigenvalue weighted by molar-refractivity contribution is 6.74. The standard InChI is InChI=1S/C16H29ClN4OSi/c1-16(2,3)23(4,5)22-12-8-6-11(7-9-12)20-14-13(18)10-19-15(17)21-14/h10-12H,6-9,18H2,1-5H3,(H,19,20,21). The molecule has 0 bridgehead atoms. The van der Waals surface area contributed by atoms with Crippen molar-refractivity contribution < 1.29 is 4.43 Å². The molecule has 0 spiro atoms. The molecule has 0 saturated heterocycles. The summed E-state index contributed by atoms with van der Waals surface area (Å²) in [6.07, 6.45) is 6.18. The Morgan fingerprint density at radius 1 is 1.26 bits per heavy atom. The fourth-order valence-electron chi connectivity index (χ4n) is 2.60. The van der Waals surface area contributed by atoms with E-state index in [-0.39, 0.29) is 10.3 Å². The summed E-state index contributed by atoms with van der Waals surface area (Å²) in [6.45, 7) is 11.5. The summed E-state index contributed by atoms with van der Waals surface area (Å²) in [6, 6.07) is 0.363. The maximum atomic E-state index is 6.52. The molecule has 1 fully saturated rings. The van der Waals surface area contributed by atoms with Crippen LogP contribution in [0.5, 0.6) is 0 Å². The Labute approximate surface area is 145 Å². The Hall–Kier alpha value is -0.853. The lowest BCUT2D eigenvalue weighted by molar-refractivity contribution is 0.133. The summed E-state index contributed by atoms with van der Waals surface area (Å²) in [5.41, 5.74) is 6.44. The molecule has 0 aromatic carbocycles. The number of rotatable bonds is 4. The molecule has 1 saturated carbocycles. The van der Waals surface area contributed by atoms with Crippen LogP contribution >= 0.6 is 11.6 Å². The van der Waals surface area contributed by atoms with Crippen LogP contribution in [0.4, 0.5) is 11.5 Å². The van der Waals surface area contributed by atoms with Gasteiger partial charge in [-0.15, -0.1) is 0 Å². The second-order valence-electron chi connectivity index (χ2n) is 7.94. The third-order valence-corrected chi connectivity index (χ3v) is 9.79. The predicted octanol–water partition coefficient (Wildman–Crippen LogP) is 4.46. The number of halogens is 1. The van der Waals surface area contributed by atoms with Crippen molar-refractivity contribution in [2.75, 3.05) is 11.1 Å². The topological polar surface area (TPSA) is 73.1 Å². The van der Waals surface area contributed by atoms with E-state index in [0.717, 1.165) is 25.7 Å². The van der Waals surface area contributed by atoms with Crippen LogP contribution in [-0.2, 0) is 4.43 Å². The van der Waals surface area contributed by atoms with Gasteiger partial charge in [-0.25, -0.2) is 4.98 Å².